The molecule has 0 aromatic heterocycles. The lowest BCUT2D eigenvalue weighted by Crippen LogP contribution is -2.67. The van der Waals surface area contributed by atoms with Crippen molar-refractivity contribution in [3.63, 3.8) is 0 Å². The van der Waals surface area contributed by atoms with Crippen LogP contribution in [0.5, 0.6) is 0 Å². The Hall–Kier alpha value is -2.50. The number of carboxylic acids is 1. The average Bonchev–Trinajstić information content (AvgIpc) is 3.42. The molecule has 6 rings (SSSR count). The van der Waals surface area contributed by atoms with E-state index >= 15 is 0 Å². The summed E-state index contributed by atoms with van der Waals surface area (Å²) in [6.45, 7) is 24.2. The maximum atomic E-state index is 13.4. The van der Waals surface area contributed by atoms with Crippen molar-refractivity contribution in [2.75, 3.05) is 0 Å². The molecule has 0 saturated heterocycles. The molecular weight excluding hydrogens is 612 g/mol. The van der Waals surface area contributed by atoms with Gasteiger partial charge in [0.05, 0.1) is 5.41 Å². The van der Waals surface area contributed by atoms with Crippen molar-refractivity contribution in [3.8, 4) is 0 Å². The Morgan fingerprint density at radius 1 is 0.918 bits per heavy atom. The van der Waals surface area contributed by atoms with Crippen molar-refractivity contribution in [3.05, 3.63) is 34.9 Å². The van der Waals surface area contributed by atoms with Crippen LogP contribution in [0.1, 0.15) is 139 Å². The Bertz CT molecular complexity index is 1530. The monoisotopic (exact) mass is 674 g/mol. The third kappa shape index (κ3) is 5.13. The lowest BCUT2D eigenvalue weighted by molar-refractivity contribution is -0.250. The fourth-order valence-electron chi connectivity index (χ4n) is 13.7. The lowest BCUT2D eigenvalue weighted by Gasteiger charge is -2.72. The molecule has 270 valence electrons. The molecule has 0 aromatic carbocycles. The van der Waals surface area contributed by atoms with Gasteiger partial charge in [0.15, 0.2) is 11.6 Å². The van der Waals surface area contributed by atoms with Crippen molar-refractivity contribution in [1.29, 1.82) is 0 Å². The second-order valence-corrected chi connectivity index (χ2v) is 19.0. The number of carbonyl (C=O) groups is 4. The summed E-state index contributed by atoms with van der Waals surface area (Å²) in [5, 5.41) is 10.7. The maximum absolute atomic E-state index is 13.4. The molecule has 49 heavy (non-hydrogen) atoms. The number of hydrogen-bond donors (Lipinski definition) is 1. The van der Waals surface area contributed by atoms with E-state index in [-0.39, 0.29) is 70.0 Å². The van der Waals surface area contributed by atoms with Gasteiger partial charge in [-0.3, -0.25) is 19.2 Å². The first-order chi connectivity index (χ1) is 22.8. The average molecular weight is 675 g/mol. The molecule has 0 radical (unpaired) electrons. The number of rotatable bonds is 7. The molecule has 6 aliphatic rings. The summed E-state index contributed by atoms with van der Waals surface area (Å²) in [5.41, 5.74) is 2.07. The molecule has 0 aliphatic heterocycles. The fourth-order valence-corrected chi connectivity index (χ4v) is 13.7. The summed E-state index contributed by atoms with van der Waals surface area (Å²) in [5.74, 6) is 0.628. The van der Waals surface area contributed by atoms with Gasteiger partial charge in [0.2, 0.25) is 0 Å². The minimum Gasteiger partial charge on any atom is -0.481 e. The van der Waals surface area contributed by atoms with Crippen molar-refractivity contribution < 1.29 is 29.0 Å². The van der Waals surface area contributed by atoms with E-state index in [1.165, 1.54) is 6.08 Å². The largest absolute Gasteiger partial charge is 0.481 e. The molecule has 6 nitrogen and oxygen atoms in total. The number of allylic oxidation sites excluding steroid dienone is 5. The van der Waals surface area contributed by atoms with Crippen LogP contribution in [0.15, 0.2) is 34.9 Å². The number of fused-ring (bicyclic) bond motifs is 7. The van der Waals surface area contributed by atoms with Crippen molar-refractivity contribution in [1.82, 2.24) is 0 Å². The van der Waals surface area contributed by atoms with Crippen molar-refractivity contribution in [2.24, 2.45) is 62.6 Å². The predicted molar refractivity (Wildman–Crippen MR) is 191 cm³/mol. The van der Waals surface area contributed by atoms with E-state index in [9.17, 15) is 24.3 Å². The zero-order valence-corrected chi connectivity index (χ0v) is 31.8. The molecule has 5 saturated carbocycles. The van der Waals surface area contributed by atoms with Gasteiger partial charge in [-0.25, -0.2) is 0 Å². The number of ketones is 2. The standard InChI is InChI=1S/C43H62O6/c1-24(2)27-15-20-43(38(47)48)22-21-41(9)30(36(27)43)12-13-33-40(8)18-17-34(39(6,7)32(40)16-19-42(33,41)10)49-35(45)14-11-28-26(5)31(44)23-29(25(3)4)37(28)46/h23,25,27,30,32-34,36H,1,11-22H2,2-10H3,(H,47,48)/t27-,30?,32?,33?,34-,36?,40-,41+,42+,43-/m0/s1. The van der Waals surface area contributed by atoms with Gasteiger partial charge in [0.1, 0.15) is 6.10 Å². The van der Waals surface area contributed by atoms with Gasteiger partial charge in [0.25, 0.3) is 0 Å². The quantitative estimate of drug-likeness (QED) is 0.164. The molecule has 1 N–H and O–H groups in total. The number of esters is 1. The van der Waals surface area contributed by atoms with Crippen LogP contribution in [0, 0.1) is 62.6 Å². The first-order valence-corrected chi connectivity index (χ1v) is 19.3. The molecule has 0 heterocycles. The lowest BCUT2D eigenvalue weighted by atomic mass is 9.32. The zero-order valence-electron chi connectivity index (χ0n) is 31.8. The van der Waals surface area contributed by atoms with Crippen LogP contribution in [0.4, 0.5) is 0 Å². The molecule has 6 aliphatic carbocycles. The minimum atomic E-state index is -0.607. The summed E-state index contributed by atoms with van der Waals surface area (Å²) < 4.78 is 6.31. The first-order valence-electron chi connectivity index (χ1n) is 19.3. The molecule has 0 amide bonds. The summed E-state index contributed by atoms with van der Waals surface area (Å²) in [7, 11) is 0. The van der Waals surface area contributed by atoms with E-state index in [4.69, 9.17) is 4.74 Å². The predicted octanol–water partition coefficient (Wildman–Crippen LogP) is 9.47. The Morgan fingerprint density at radius 3 is 2.24 bits per heavy atom. The van der Waals surface area contributed by atoms with Crippen molar-refractivity contribution in [2.45, 2.75) is 145 Å². The van der Waals surface area contributed by atoms with Crippen molar-refractivity contribution >= 4 is 23.5 Å². The summed E-state index contributed by atoms with van der Waals surface area (Å²) in [4.78, 5) is 52.1. The van der Waals surface area contributed by atoms with Crippen LogP contribution in [-0.2, 0) is 23.9 Å². The first kappa shape index (κ1) is 36.3. The molecule has 5 fully saturated rings. The van der Waals surface area contributed by atoms with E-state index in [0.717, 1.165) is 69.8 Å². The third-order valence-electron chi connectivity index (χ3n) is 16.6. The highest BCUT2D eigenvalue weighted by atomic mass is 16.5. The Kier molecular flexibility index (Phi) is 8.92. The van der Waals surface area contributed by atoms with Crippen LogP contribution in [0.3, 0.4) is 0 Å². The molecule has 6 heteroatoms. The summed E-state index contributed by atoms with van der Waals surface area (Å²) in [6, 6.07) is 0. The third-order valence-corrected chi connectivity index (χ3v) is 16.6. The van der Waals surface area contributed by atoms with Crippen LogP contribution >= 0.6 is 0 Å². The highest BCUT2D eigenvalue weighted by Crippen LogP contribution is 2.77. The normalized spacial score (nSPS) is 42.9. The van der Waals surface area contributed by atoms with E-state index in [0.29, 0.717) is 40.4 Å². The summed E-state index contributed by atoms with van der Waals surface area (Å²) in [6.07, 6.45) is 11.3. The minimum absolute atomic E-state index is 0.0498. The van der Waals surface area contributed by atoms with E-state index in [1.54, 1.807) is 6.92 Å². The van der Waals surface area contributed by atoms with Gasteiger partial charge in [-0.15, -0.1) is 0 Å². The summed E-state index contributed by atoms with van der Waals surface area (Å²) >= 11 is 0. The van der Waals surface area contributed by atoms with Crippen LogP contribution in [0.2, 0.25) is 0 Å². The van der Waals surface area contributed by atoms with E-state index in [2.05, 4.69) is 48.1 Å². The fraction of sp³-hybridized carbons (Fsp3) is 0.767. The number of Topliss-reactive ketones (excluding diaryl/α,β-unsaturated/α-hetero) is 1. The van der Waals surface area contributed by atoms with Gasteiger partial charge in [0, 0.05) is 28.6 Å². The highest BCUT2D eigenvalue weighted by Gasteiger charge is 2.72. The number of hydrogen-bond acceptors (Lipinski definition) is 5. The van der Waals surface area contributed by atoms with Gasteiger partial charge < -0.3 is 9.84 Å². The van der Waals surface area contributed by atoms with Gasteiger partial charge in [-0.05, 0) is 142 Å². The molecular formula is C43H62O6. The number of carboxylic acid groups (broad SMARTS) is 1. The maximum Gasteiger partial charge on any atom is 0.309 e. The van der Waals surface area contributed by atoms with E-state index in [1.807, 2.05) is 13.8 Å². The highest BCUT2D eigenvalue weighted by molar-refractivity contribution is 6.22. The number of aliphatic carboxylic acids is 1. The molecule has 0 aromatic rings. The van der Waals surface area contributed by atoms with E-state index < -0.39 is 11.4 Å². The smallest absolute Gasteiger partial charge is 0.309 e. The zero-order chi connectivity index (χ0) is 36.1. The Labute approximate surface area is 295 Å². The molecule has 0 bridgehead atoms. The Balaban J connectivity index is 1.19. The second-order valence-electron chi connectivity index (χ2n) is 19.0. The number of ether oxygens (including phenoxy) is 1. The SMILES string of the molecule is C=C(C)[C@@H]1CC[C@]2(C(=O)O)CC[C@]3(C)C(CCC4[C@@]5(C)CC[C@H](OC(=O)CCC6=C(C)C(=O)C=C(C(C)C)C6=O)C(C)(C)C5CC[C@]43C)C12. The topological polar surface area (TPSA) is 97.7 Å². The van der Waals surface area contributed by atoms with Crippen LogP contribution in [0.25, 0.3) is 0 Å². The van der Waals surface area contributed by atoms with Gasteiger partial charge >= 0.3 is 11.9 Å². The molecule has 4 unspecified atom stereocenters. The second kappa shape index (κ2) is 12.0. The molecule has 10 atom stereocenters. The van der Waals surface area contributed by atoms with Gasteiger partial charge in [-0.1, -0.05) is 60.6 Å². The number of carbonyl (C=O) groups excluding carboxylic acids is 3. The molecule has 0 spiro atoms. The Morgan fingerprint density at radius 2 is 1.61 bits per heavy atom. The van der Waals surface area contributed by atoms with Gasteiger partial charge in [-0.2, -0.15) is 0 Å². The van der Waals surface area contributed by atoms with Crippen LogP contribution < -0.4 is 0 Å². The van der Waals surface area contributed by atoms with Crippen LogP contribution in [-0.4, -0.2) is 34.7 Å².